The second-order valence-electron chi connectivity index (χ2n) is 4.74. The Morgan fingerprint density at radius 1 is 0.895 bits per heavy atom. The van der Waals surface area contributed by atoms with Crippen molar-refractivity contribution in [3.63, 3.8) is 0 Å². The summed E-state index contributed by atoms with van der Waals surface area (Å²) in [4.78, 5) is 34.2. The molecule has 0 aliphatic carbocycles. The number of hydrogen-bond acceptors (Lipinski definition) is 5. The summed E-state index contributed by atoms with van der Waals surface area (Å²) in [5.41, 5.74) is 5.24. The van der Waals surface area contributed by atoms with Crippen molar-refractivity contribution in [2.45, 2.75) is 58.0 Å². The highest BCUT2D eigenvalue weighted by atomic mass is 16.5. The summed E-state index contributed by atoms with van der Waals surface area (Å²) >= 11 is 0. The van der Waals surface area contributed by atoms with Crippen LogP contribution >= 0.6 is 0 Å². The van der Waals surface area contributed by atoms with Gasteiger partial charge in [0.1, 0.15) is 17.3 Å². The summed E-state index contributed by atoms with van der Waals surface area (Å²) in [6.45, 7) is 2.23. The van der Waals surface area contributed by atoms with Crippen LogP contribution in [0.25, 0.3) is 0 Å². The van der Waals surface area contributed by atoms with Crippen molar-refractivity contribution in [3.05, 3.63) is 0 Å². The van der Waals surface area contributed by atoms with E-state index in [2.05, 4.69) is 0 Å². The second-order valence-corrected chi connectivity index (χ2v) is 4.74. The van der Waals surface area contributed by atoms with Crippen LogP contribution < -0.4 is 5.73 Å². The third kappa shape index (κ3) is 10.5. The van der Waals surface area contributed by atoms with Crippen molar-refractivity contribution >= 4 is 17.3 Å². The number of carbonyl (C=O) groups is 3. The van der Waals surface area contributed by atoms with Crippen LogP contribution in [0.4, 0.5) is 0 Å². The van der Waals surface area contributed by atoms with Gasteiger partial charge in [-0.1, -0.05) is 0 Å². The van der Waals surface area contributed by atoms with Gasteiger partial charge in [-0.3, -0.25) is 14.4 Å². The molecule has 0 aliphatic rings. The Kier molecular flexibility index (Phi) is 10.2. The zero-order valence-corrected chi connectivity index (χ0v) is 11.9. The highest BCUT2D eigenvalue weighted by Crippen LogP contribution is 2.06. The third-order valence-corrected chi connectivity index (χ3v) is 3.02. The first-order chi connectivity index (χ1) is 8.99. The molecule has 0 amide bonds. The Balaban J connectivity index is 3.66. The van der Waals surface area contributed by atoms with Gasteiger partial charge < -0.3 is 10.5 Å². The van der Waals surface area contributed by atoms with Crippen LogP contribution in [0.5, 0.6) is 0 Å². The zero-order chi connectivity index (χ0) is 14.7. The van der Waals surface area contributed by atoms with Gasteiger partial charge in [0.15, 0.2) is 0 Å². The van der Waals surface area contributed by atoms with Crippen LogP contribution in [0.1, 0.15) is 51.9 Å². The predicted molar refractivity (Wildman–Crippen MR) is 72.9 cm³/mol. The number of carbonyl (C=O) groups excluding carboxylic acids is 3. The minimum atomic E-state index is -0.0292. The first-order valence-electron chi connectivity index (χ1n) is 6.77. The minimum absolute atomic E-state index is 0.0103. The number of ketones is 3. The van der Waals surface area contributed by atoms with Crippen LogP contribution in [-0.2, 0) is 19.1 Å². The summed E-state index contributed by atoms with van der Waals surface area (Å²) < 4.78 is 5.05. The number of hydrogen-bond donors (Lipinski definition) is 1. The lowest BCUT2D eigenvalue weighted by Gasteiger charge is -2.07. The van der Waals surface area contributed by atoms with Gasteiger partial charge >= 0.3 is 0 Å². The van der Waals surface area contributed by atoms with E-state index in [1.165, 1.54) is 0 Å². The lowest BCUT2D eigenvalue weighted by molar-refractivity contribution is -0.126. The van der Waals surface area contributed by atoms with Gasteiger partial charge in [-0.15, -0.1) is 0 Å². The van der Waals surface area contributed by atoms with Gasteiger partial charge in [0.05, 0.1) is 6.10 Å². The molecule has 0 fully saturated rings. The van der Waals surface area contributed by atoms with E-state index in [1.54, 1.807) is 7.11 Å². The molecule has 0 aliphatic heterocycles. The molecule has 5 heteroatoms. The SMILES string of the molecule is COC(C)CCC(=O)CCC(=O)CCC(=O)CCN. The van der Waals surface area contributed by atoms with Gasteiger partial charge in [0.2, 0.25) is 0 Å². The summed E-state index contributed by atoms with van der Waals surface area (Å²) in [7, 11) is 1.61. The molecule has 0 aromatic rings. The number of Topliss-reactive ketones (excluding diaryl/α,β-unsaturated/α-hetero) is 3. The Labute approximate surface area is 114 Å². The van der Waals surface area contributed by atoms with Crippen LogP contribution in [0, 0.1) is 0 Å². The molecule has 0 bridgehead atoms. The molecule has 0 aromatic heterocycles. The molecule has 0 rings (SSSR count). The van der Waals surface area contributed by atoms with E-state index in [4.69, 9.17) is 10.5 Å². The van der Waals surface area contributed by atoms with Gasteiger partial charge in [-0.25, -0.2) is 0 Å². The smallest absolute Gasteiger partial charge is 0.134 e. The summed E-state index contributed by atoms with van der Waals surface area (Å²) in [6.07, 6.45) is 2.46. The predicted octanol–water partition coefficient (Wildman–Crippen LogP) is 1.42. The maximum Gasteiger partial charge on any atom is 0.134 e. The van der Waals surface area contributed by atoms with Crippen molar-refractivity contribution in [1.82, 2.24) is 0 Å². The third-order valence-electron chi connectivity index (χ3n) is 3.02. The molecular weight excluding hydrogens is 246 g/mol. The lowest BCUT2D eigenvalue weighted by atomic mass is 10.0. The molecule has 0 aromatic carbocycles. The van der Waals surface area contributed by atoms with Crippen molar-refractivity contribution in [1.29, 1.82) is 0 Å². The molecule has 0 spiro atoms. The van der Waals surface area contributed by atoms with Gasteiger partial charge in [-0.05, 0) is 19.9 Å². The van der Waals surface area contributed by atoms with E-state index in [0.717, 1.165) is 0 Å². The fraction of sp³-hybridized carbons (Fsp3) is 0.786. The normalized spacial score (nSPS) is 12.2. The molecule has 5 nitrogen and oxygen atoms in total. The molecule has 19 heavy (non-hydrogen) atoms. The zero-order valence-electron chi connectivity index (χ0n) is 11.9. The fourth-order valence-electron chi connectivity index (χ4n) is 1.58. The van der Waals surface area contributed by atoms with Crippen molar-refractivity contribution in [2.75, 3.05) is 13.7 Å². The molecule has 0 saturated carbocycles. The fourth-order valence-corrected chi connectivity index (χ4v) is 1.58. The Bertz CT molecular complexity index is 302. The highest BCUT2D eigenvalue weighted by Gasteiger charge is 2.10. The van der Waals surface area contributed by atoms with Crippen LogP contribution in [-0.4, -0.2) is 37.1 Å². The summed E-state index contributed by atoms with van der Waals surface area (Å²) in [5.74, 6) is 0.0557. The number of ether oxygens (including phenoxy) is 1. The number of methoxy groups -OCH3 is 1. The summed E-state index contributed by atoms with van der Waals surface area (Å²) in [6, 6.07) is 0. The van der Waals surface area contributed by atoms with Crippen LogP contribution in [0.15, 0.2) is 0 Å². The van der Waals surface area contributed by atoms with E-state index in [0.29, 0.717) is 25.8 Å². The first-order valence-corrected chi connectivity index (χ1v) is 6.77. The monoisotopic (exact) mass is 271 g/mol. The summed E-state index contributed by atoms with van der Waals surface area (Å²) in [5, 5.41) is 0. The maximum absolute atomic E-state index is 11.5. The van der Waals surface area contributed by atoms with E-state index in [9.17, 15) is 14.4 Å². The molecule has 1 unspecified atom stereocenters. The standard InChI is InChI=1S/C14H25NO4/c1-11(19-2)3-4-12(16)5-6-13(17)7-8-14(18)9-10-15/h11H,3-10,15H2,1-2H3. The maximum atomic E-state index is 11.5. The second kappa shape index (κ2) is 10.8. The molecule has 1 atom stereocenters. The molecule has 0 heterocycles. The first kappa shape index (κ1) is 17.9. The van der Waals surface area contributed by atoms with Gasteiger partial charge in [0, 0.05) is 45.6 Å². The van der Waals surface area contributed by atoms with E-state index >= 15 is 0 Å². The quantitative estimate of drug-likeness (QED) is 0.580. The highest BCUT2D eigenvalue weighted by molar-refractivity contribution is 5.89. The minimum Gasteiger partial charge on any atom is -0.382 e. The molecular formula is C14H25NO4. The Morgan fingerprint density at radius 3 is 1.74 bits per heavy atom. The number of nitrogens with two attached hydrogens (primary N) is 1. The Morgan fingerprint density at radius 2 is 1.32 bits per heavy atom. The van der Waals surface area contributed by atoms with Crippen molar-refractivity contribution in [3.8, 4) is 0 Å². The van der Waals surface area contributed by atoms with Gasteiger partial charge in [-0.2, -0.15) is 0 Å². The van der Waals surface area contributed by atoms with Crippen molar-refractivity contribution in [2.24, 2.45) is 5.73 Å². The van der Waals surface area contributed by atoms with E-state index < -0.39 is 0 Å². The average molecular weight is 271 g/mol. The Hall–Kier alpha value is -1.07. The average Bonchev–Trinajstić information content (AvgIpc) is 2.40. The van der Waals surface area contributed by atoms with Crippen molar-refractivity contribution < 1.29 is 19.1 Å². The van der Waals surface area contributed by atoms with Crippen LogP contribution in [0.3, 0.4) is 0 Å². The van der Waals surface area contributed by atoms with E-state index in [1.807, 2.05) is 6.92 Å². The van der Waals surface area contributed by atoms with Crippen LogP contribution in [0.2, 0.25) is 0 Å². The topological polar surface area (TPSA) is 86.5 Å². The largest absolute Gasteiger partial charge is 0.382 e. The van der Waals surface area contributed by atoms with Gasteiger partial charge in [0.25, 0.3) is 0 Å². The molecule has 0 saturated heterocycles. The molecule has 2 N–H and O–H groups in total. The molecule has 110 valence electrons. The lowest BCUT2D eigenvalue weighted by Crippen LogP contribution is -2.11. The molecule has 0 radical (unpaired) electrons. The number of rotatable bonds is 12. The van der Waals surface area contributed by atoms with E-state index in [-0.39, 0.29) is 49.1 Å².